The molecule has 2 aromatic carbocycles. The topological polar surface area (TPSA) is 137 Å². The summed E-state index contributed by atoms with van der Waals surface area (Å²) < 4.78 is 47.4. The number of rotatable bonds is 11. The quantitative estimate of drug-likeness (QED) is 0.205. The van der Waals surface area contributed by atoms with E-state index in [-0.39, 0.29) is 36.0 Å². The lowest BCUT2D eigenvalue weighted by molar-refractivity contribution is 0.0888. The molecule has 1 aliphatic rings. The van der Waals surface area contributed by atoms with Crippen molar-refractivity contribution in [2.24, 2.45) is 0 Å². The van der Waals surface area contributed by atoms with Crippen LogP contribution >= 0.6 is 11.3 Å². The van der Waals surface area contributed by atoms with Crippen LogP contribution in [-0.4, -0.2) is 55.1 Å². The molecule has 10 nitrogen and oxygen atoms in total. The van der Waals surface area contributed by atoms with Crippen LogP contribution in [0.25, 0.3) is 11.1 Å². The minimum atomic E-state index is -3.49. The summed E-state index contributed by atoms with van der Waals surface area (Å²) in [7, 11) is -3.49. The fourth-order valence-electron chi connectivity index (χ4n) is 5.07. The SMILES string of the molecule is Cc1nc(C(=O)N[C@H]2CC[C@H](NC(=O)c3cc(F)cnc3Oc3cccc(-c4ccc(CCOS(C)(=O)=O)cc4)c3)CC2)cs1. The van der Waals surface area contributed by atoms with Crippen molar-refractivity contribution >= 4 is 33.3 Å². The van der Waals surface area contributed by atoms with E-state index in [9.17, 15) is 22.4 Å². The standard InChI is InChI=1S/C32H33FN4O6S2/c1-20-35-29(19-44-20)31(39)37-26-12-10-25(11-13-26)36-30(38)28-17-24(33)18-34-32(28)43-27-5-3-4-23(16-27)22-8-6-21(7-9-22)14-15-42-45(2,40)41/h3-9,16-19,25-26H,10-15H2,1-2H3,(H,36,38)(H,37,39)/t25-,26-. The minimum Gasteiger partial charge on any atom is -0.438 e. The van der Waals surface area contributed by atoms with Crippen LogP contribution in [-0.2, 0) is 20.7 Å². The van der Waals surface area contributed by atoms with Crippen LogP contribution in [0, 0.1) is 12.7 Å². The zero-order valence-corrected chi connectivity index (χ0v) is 26.4. The van der Waals surface area contributed by atoms with E-state index in [0.29, 0.717) is 43.5 Å². The Morgan fingerprint density at radius 3 is 2.31 bits per heavy atom. The normalized spacial score (nSPS) is 16.6. The lowest BCUT2D eigenvalue weighted by Crippen LogP contribution is -2.44. The first-order valence-corrected chi connectivity index (χ1v) is 17.1. The second-order valence-electron chi connectivity index (χ2n) is 10.9. The third-order valence-corrected chi connectivity index (χ3v) is 8.70. The highest BCUT2D eigenvalue weighted by molar-refractivity contribution is 7.85. The monoisotopic (exact) mass is 652 g/mol. The van der Waals surface area contributed by atoms with Crippen LogP contribution in [0.3, 0.4) is 0 Å². The van der Waals surface area contributed by atoms with Crippen molar-refractivity contribution in [2.75, 3.05) is 12.9 Å². The molecule has 0 atom stereocenters. The molecule has 2 aromatic heterocycles. The molecule has 2 heterocycles. The number of carbonyl (C=O) groups is 2. The van der Waals surface area contributed by atoms with E-state index in [2.05, 4.69) is 20.6 Å². The first-order valence-electron chi connectivity index (χ1n) is 14.4. The molecule has 0 spiro atoms. The number of aryl methyl sites for hydroxylation is 1. The maximum atomic E-state index is 14.2. The average Bonchev–Trinajstić information content (AvgIpc) is 3.45. The van der Waals surface area contributed by atoms with Gasteiger partial charge in [-0.1, -0.05) is 36.4 Å². The van der Waals surface area contributed by atoms with Crippen molar-refractivity contribution in [3.8, 4) is 22.8 Å². The Bertz CT molecular complexity index is 1770. The highest BCUT2D eigenvalue weighted by Crippen LogP contribution is 2.29. The molecule has 2 amide bonds. The number of thiazole rings is 1. The summed E-state index contributed by atoms with van der Waals surface area (Å²) in [5.74, 6) is -0.955. The maximum Gasteiger partial charge on any atom is 0.270 e. The lowest BCUT2D eigenvalue weighted by atomic mass is 9.91. The summed E-state index contributed by atoms with van der Waals surface area (Å²) in [5.41, 5.74) is 3.05. The molecule has 13 heteroatoms. The molecule has 4 aromatic rings. The average molecular weight is 653 g/mol. The van der Waals surface area contributed by atoms with Gasteiger partial charge in [0, 0.05) is 17.5 Å². The molecule has 1 fully saturated rings. The second-order valence-corrected chi connectivity index (χ2v) is 13.6. The molecule has 236 valence electrons. The fourth-order valence-corrected chi connectivity index (χ4v) is 6.05. The molecule has 0 bridgehead atoms. The van der Waals surface area contributed by atoms with Gasteiger partial charge in [-0.25, -0.2) is 14.4 Å². The lowest BCUT2D eigenvalue weighted by Gasteiger charge is -2.29. The minimum absolute atomic E-state index is 0.0141. The van der Waals surface area contributed by atoms with Gasteiger partial charge in [-0.05, 0) is 73.9 Å². The molecule has 0 aliphatic heterocycles. The fraction of sp³-hybridized carbons (Fsp3) is 0.312. The number of aromatic nitrogens is 2. The molecule has 1 saturated carbocycles. The number of hydrogen-bond acceptors (Lipinski definition) is 9. The summed E-state index contributed by atoms with van der Waals surface area (Å²) in [6.07, 6.45) is 5.14. The number of amides is 2. The van der Waals surface area contributed by atoms with Crippen molar-refractivity contribution in [1.82, 2.24) is 20.6 Å². The first kappa shape index (κ1) is 32.2. The first-order chi connectivity index (χ1) is 21.5. The number of nitrogens with zero attached hydrogens (tertiary/aromatic N) is 2. The highest BCUT2D eigenvalue weighted by atomic mass is 32.2. The van der Waals surface area contributed by atoms with Crippen LogP contribution in [0.2, 0.25) is 0 Å². The van der Waals surface area contributed by atoms with Gasteiger partial charge in [-0.3, -0.25) is 13.8 Å². The third kappa shape index (κ3) is 9.16. The summed E-state index contributed by atoms with van der Waals surface area (Å²) in [6.45, 7) is 1.92. The van der Waals surface area contributed by atoms with E-state index < -0.39 is 21.8 Å². The van der Waals surface area contributed by atoms with Crippen molar-refractivity contribution < 1.29 is 31.3 Å². The summed E-state index contributed by atoms with van der Waals surface area (Å²) >= 11 is 1.43. The predicted octanol–water partition coefficient (Wildman–Crippen LogP) is 5.43. The second kappa shape index (κ2) is 14.3. The molecule has 2 N–H and O–H groups in total. The van der Waals surface area contributed by atoms with Gasteiger partial charge in [0.15, 0.2) is 0 Å². The molecular formula is C32H33FN4O6S2. The van der Waals surface area contributed by atoms with Gasteiger partial charge in [0.2, 0.25) is 5.88 Å². The van der Waals surface area contributed by atoms with Crippen LogP contribution in [0.1, 0.15) is 57.1 Å². The van der Waals surface area contributed by atoms with Gasteiger partial charge in [-0.2, -0.15) is 8.42 Å². The van der Waals surface area contributed by atoms with Crippen LogP contribution in [0.5, 0.6) is 11.6 Å². The maximum absolute atomic E-state index is 14.2. The zero-order valence-electron chi connectivity index (χ0n) is 24.8. The Balaban J connectivity index is 1.19. The van der Waals surface area contributed by atoms with E-state index >= 15 is 0 Å². The van der Waals surface area contributed by atoms with Crippen LogP contribution < -0.4 is 15.4 Å². The number of carbonyl (C=O) groups excluding carboxylic acids is 2. The predicted molar refractivity (Wildman–Crippen MR) is 168 cm³/mol. The molecule has 0 saturated heterocycles. The Hall–Kier alpha value is -4.20. The van der Waals surface area contributed by atoms with Crippen molar-refractivity contribution in [3.05, 3.63) is 93.8 Å². The van der Waals surface area contributed by atoms with E-state index in [0.717, 1.165) is 40.2 Å². The Morgan fingerprint density at radius 1 is 0.978 bits per heavy atom. The van der Waals surface area contributed by atoms with E-state index in [1.807, 2.05) is 37.3 Å². The van der Waals surface area contributed by atoms with Gasteiger partial charge in [0.1, 0.15) is 22.8 Å². The Morgan fingerprint density at radius 2 is 1.67 bits per heavy atom. The van der Waals surface area contributed by atoms with Crippen molar-refractivity contribution in [1.29, 1.82) is 0 Å². The molecule has 45 heavy (non-hydrogen) atoms. The number of hydrogen-bond donors (Lipinski definition) is 2. The molecular weight excluding hydrogens is 620 g/mol. The molecule has 0 radical (unpaired) electrons. The van der Waals surface area contributed by atoms with Crippen molar-refractivity contribution in [2.45, 2.75) is 51.1 Å². The van der Waals surface area contributed by atoms with E-state index in [4.69, 9.17) is 8.92 Å². The number of benzene rings is 2. The summed E-state index contributed by atoms with van der Waals surface area (Å²) in [6, 6.07) is 15.7. The van der Waals surface area contributed by atoms with Crippen LogP contribution in [0.4, 0.5) is 4.39 Å². The van der Waals surface area contributed by atoms with E-state index in [1.54, 1.807) is 23.6 Å². The van der Waals surface area contributed by atoms with Gasteiger partial charge in [0.05, 0.1) is 24.1 Å². The highest BCUT2D eigenvalue weighted by Gasteiger charge is 2.26. The zero-order chi connectivity index (χ0) is 32.0. The van der Waals surface area contributed by atoms with E-state index in [1.165, 1.54) is 11.3 Å². The van der Waals surface area contributed by atoms with Crippen LogP contribution in [0.15, 0.2) is 66.2 Å². The molecule has 0 unspecified atom stereocenters. The molecule has 1 aliphatic carbocycles. The number of halogens is 1. The van der Waals surface area contributed by atoms with Gasteiger partial charge in [-0.15, -0.1) is 11.3 Å². The van der Waals surface area contributed by atoms with Crippen molar-refractivity contribution in [3.63, 3.8) is 0 Å². The summed E-state index contributed by atoms with van der Waals surface area (Å²) in [4.78, 5) is 34.0. The smallest absolute Gasteiger partial charge is 0.270 e. The third-order valence-electron chi connectivity index (χ3n) is 7.34. The Labute approximate surface area is 265 Å². The Kier molecular flexibility index (Phi) is 10.2. The van der Waals surface area contributed by atoms with Gasteiger partial charge in [0.25, 0.3) is 21.9 Å². The van der Waals surface area contributed by atoms with Gasteiger partial charge >= 0.3 is 0 Å². The van der Waals surface area contributed by atoms with Gasteiger partial charge < -0.3 is 15.4 Å². The summed E-state index contributed by atoms with van der Waals surface area (Å²) in [5, 5.41) is 8.56. The number of pyridine rings is 1. The number of ether oxygens (including phenoxy) is 1. The molecule has 5 rings (SSSR count). The largest absolute Gasteiger partial charge is 0.438 e. The number of nitrogens with one attached hydrogen (secondary N) is 2.